The molecule has 4 rings (SSSR count). The molecule has 0 amide bonds. The molecule has 1 aromatic carbocycles. The summed E-state index contributed by atoms with van der Waals surface area (Å²) < 4.78 is 23.1. The minimum Gasteiger partial charge on any atom is -0.486 e. The Balaban J connectivity index is 1.47. The van der Waals surface area contributed by atoms with Crippen LogP contribution in [0, 0.1) is 20.8 Å². The first-order valence-electron chi connectivity index (χ1n) is 9.16. The number of nitrogens with zero attached hydrogens (tertiary/aromatic N) is 2. The van der Waals surface area contributed by atoms with Crippen LogP contribution >= 0.6 is 0 Å². The quantitative estimate of drug-likeness (QED) is 0.483. The van der Waals surface area contributed by atoms with E-state index in [1.807, 2.05) is 18.4 Å². The maximum atomic E-state index is 12.7. The predicted molar refractivity (Wildman–Crippen MR) is 102 cm³/mol. The largest absolute Gasteiger partial charge is 0.486 e. The van der Waals surface area contributed by atoms with E-state index in [9.17, 15) is 9.59 Å². The van der Waals surface area contributed by atoms with Crippen molar-refractivity contribution in [3.8, 4) is 17.3 Å². The van der Waals surface area contributed by atoms with Gasteiger partial charge in [-0.1, -0.05) is 5.16 Å². The highest BCUT2D eigenvalue weighted by Gasteiger charge is 2.21. The van der Waals surface area contributed by atoms with E-state index in [2.05, 4.69) is 5.16 Å². The van der Waals surface area contributed by atoms with Gasteiger partial charge < -0.3 is 18.7 Å². The number of ether oxygens (including phenoxy) is 3. The molecule has 1 aliphatic heterocycles. The van der Waals surface area contributed by atoms with Crippen LogP contribution in [0.4, 0.5) is 0 Å². The molecule has 0 saturated carbocycles. The lowest BCUT2D eigenvalue weighted by atomic mass is 10.1. The number of aryl methyl sites for hydroxylation is 2. The molecule has 8 heteroatoms. The zero-order chi connectivity index (χ0) is 20.5. The lowest BCUT2D eigenvalue weighted by Crippen LogP contribution is -2.17. The van der Waals surface area contributed by atoms with Gasteiger partial charge in [-0.25, -0.2) is 4.79 Å². The van der Waals surface area contributed by atoms with Crippen molar-refractivity contribution in [1.29, 1.82) is 0 Å². The van der Waals surface area contributed by atoms with Crippen LogP contribution in [-0.2, 0) is 4.74 Å². The van der Waals surface area contributed by atoms with Gasteiger partial charge >= 0.3 is 5.97 Å². The average molecular weight is 396 g/mol. The molecule has 0 fully saturated rings. The highest BCUT2D eigenvalue weighted by Crippen LogP contribution is 2.31. The van der Waals surface area contributed by atoms with E-state index in [-0.39, 0.29) is 12.4 Å². The number of Topliss-reactive ketones (excluding diaryl/α,β-unsaturated/α-hetero) is 1. The molecule has 0 unspecified atom stereocenters. The van der Waals surface area contributed by atoms with Crippen molar-refractivity contribution >= 4 is 11.8 Å². The highest BCUT2D eigenvalue weighted by molar-refractivity contribution is 6.00. The van der Waals surface area contributed by atoms with Crippen LogP contribution < -0.4 is 9.47 Å². The van der Waals surface area contributed by atoms with Gasteiger partial charge in [-0.15, -0.1) is 0 Å². The van der Waals surface area contributed by atoms with Gasteiger partial charge in [-0.3, -0.25) is 9.36 Å². The molecule has 0 N–H and O–H groups in total. The fourth-order valence-electron chi connectivity index (χ4n) is 3.32. The predicted octanol–water partition coefficient (Wildman–Crippen LogP) is 3.20. The van der Waals surface area contributed by atoms with E-state index in [0.717, 1.165) is 5.69 Å². The molecule has 0 radical (unpaired) electrons. The number of esters is 1. The maximum absolute atomic E-state index is 12.7. The fourth-order valence-corrected chi connectivity index (χ4v) is 3.32. The normalized spacial score (nSPS) is 12.7. The maximum Gasteiger partial charge on any atom is 0.338 e. The summed E-state index contributed by atoms with van der Waals surface area (Å²) in [5.41, 5.74) is 2.30. The molecule has 29 heavy (non-hydrogen) atoms. The molecule has 3 aromatic rings. The first kappa shape index (κ1) is 18.8. The van der Waals surface area contributed by atoms with Crippen LogP contribution in [0.3, 0.4) is 0 Å². The van der Waals surface area contributed by atoms with Gasteiger partial charge in [0.2, 0.25) is 5.78 Å². The molecule has 0 aliphatic carbocycles. The van der Waals surface area contributed by atoms with Gasteiger partial charge in [-0.05, 0) is 45.0 Å². The zero-order valence-electron chi connectivity index (χ0n) is 16.4. The molecular weight excluding hydrogens is 376 g/mol. The van der Waals surface area contributed by atoms with Crippen LogP contribution in [-0.4, -0.2) is 41.3 Å². The Labute approximate surface area is 167 Å². The summed E-state index contributed by atoms with van der Waals surface area (Å²) >= 11 is 0. The Morgan fingerprint density at radius 1 is 1.07 bits per heavy atom. The first-order chi connectivity index (χ1) is 13.9. The Morgan fingerprint density at radius 3 is 2.55 bits per heavy atom. The second-order valence-electron chi connectivity index (χ2n) is 6.77. The zero-order valence-corrected chi connectivity index (χ0v) is 16.4. The smallest absolute Gasteiger partial charge is 0.338 e. The molecule has 2 aromatic heterocycles. The van der Waals surface area contributed by atoms with E-state index in [0.29, 0.717) is 53.1 Å². The van der Waals surface area contributed by atoms with Gasteiger partial charge in [0.1, 0.15) is 19.0 Å². The van der Waals surface area contributed by atoms with E-state index < -0.39 is 5.97 Å². The Kier molecular flexibility index (Phi) is 4.84. The number of aromatic nitrogens is 2. The lowest BCUT2D eigenvalue weighted by molar-refractivity contribution is 0.0473. The summed E-state index contributed by atoms with van der Waals surface area (Å²) in [6.45, 7) is 6.01. The number of ketones is 1. The number of fused-ring (bicyclic) bond motifs is 1. The van der Waals surface area contributed by atoms with Gasteiger partial charge in [0.15, 0.2) is 23.9 Å². The number of hydrogen-bond donors (Lipinski definition) is 0. The minimum absolute atomic E-state index is 0.296. The van der Waals surface area contributed by atoms with Crippen molar-refractivity contribution < 1.29 is 28.3 Å². The van der Waals surface area contributed by atoms with Crippen LogP contribution in [0.5, 0.6) is 11.5 Å². The third-order valence-electron chi connectivity index (χ3n) is 4.69. The number of hydrogen-bond acceptors (Lipinski definition) is 7. The van der Waals surface area contributed by atoms with Crippen molar-refractivity contribution in [3.63, 3.8) is 0 Å². The first-order valence-corrected chi connectivity index (χ1v) is 9.16. The van der Waals surface area contributed by atoms with E-state index in [1.54, 1.807) is 37.3 Å². The van der Waals surface area contributed by atoms with Gasteiger partial charge in [0.25, 0.3) is 0 Å². The Morgan fingerprint density at radius 2 is 1.83 bits per heavy atom. The van der Waals surface area contributed by atoms with Crippen LogP contribution in [0.25, 0.3) is 5.82 Å². The summed E-state index contributed by atoms with van der Waals surface area (Å²) in [5, 5.41) is 4.00. The molecule has 150 valence electrons. The summed E-state index contributed by atoms with van der Waals surface area (Å²) in [7, 11) is 0. The molecule has 0 atom stereocenters. The van der Waals surface area contributed by atoms with Crippen LogP contribution in [0.2, 0.25) is 0 Å². The molecule has 0 saturated heterocycles. The minimum atomic E-state index is -0.601. The van der Waals surface area contributed by atoms with Crippen molar-refractivity contribution in [1.82, 2.24) is 9.72 Å². The monoisotopic (exact) mass is 396 g/mol. The highest BCUT2D eigenvalue weighted by atomic mass is 16.6. The molecule has 0 bridgehead atoms. The molecule has 0 spiro atoms. The van der Waals surface area contributed by atoms with Crippen LogP contribution in [0.1, 0.15) is 37.9 Å². The summed E-state index contributed by atoms with van der Waals surface area (Å²) in [6, 6.07) is 8.33. The fraction of sp³-hybridized carbons (Fsp3) is 0.286. The number of carbonyl (C=O) groups is 2. The van der Waals surface area contributed by atoms with Gasteiger partial charge in [-0.2, -0.15) is 0 Å². The third-order valence-corrected chi connectivity index (χ3v) is 4.69. The number of benzene rings is 1. The molecular formula is C21H20N2O6. The second kappa shape index (κ2) is 7.46. The molecule has 8 nitrogen and oxygen atoms in total. The van der Waals surface area contributed by atoms with Gasteiger partial charge in [0.05, 0.1) is 5.56 Å². The molecule has 1 aliphatic rings. The SMILES string of the molecule is Cc1cc(-n2c(C)cc(C(=O)COC(=O)c3ccc4c(c3)OCCO4)c2C)no1. The third kappa shape index (κ3) is 3.61. The van der Waals surface area contributed by atoms with Crippen molar-refractivity contribution in [2.24, 2.45) is 0 Å². The Bertz CT molecular complexity index is 1090. The van der Waals surface area contributed by atoms with Crippen molar-refractivity contribution in [3.05, 3.63) is 58.6 Å². The Hall–Kier alpha value is -3.55. The van der Waals surface area contributed by atoms with Crippen molar-refractivity contribution in [2.45, 2.75) is 20.8 Å². The average Bonchev–Trinajstić information content (AvgIpc) is 3.27. The van der Waals surface area contributed by atoms with E-state index in [1.165, 1.54) is 0 Å². The second-order valence-corrected chi connectivity index (χ2v) is 6.77. The standard InChI is InChI=1S/C21H20N2O6/c1-12-8-16(14(3)23(12)20-9-13(2)29-22-20)17(24)11-28-21(25)15-4-5-18-19(10-15)27-7-6-26-18/h4-5,8-10H,6-7,11H2,1-3H3. The lowest BCUT2D eigenvalue weighted by Gasteiger charge is -2.18. The molecule has 3 heterocycles. The topological polar surface area (TPSA) is 92.8 Å². The number of carbonyl (C=O) groups excluding carboxylic acids is 2. The summed E-state index contributed by atoms with van der Waals surface area (Å²) in [6.07, 6.45) is 0. The summed E-state index contributed by atoms with van der Waals surface area (Å²) in [5.74, 6) is 1.45. The van der Waals surface area contributed by atoms with E-state index in [4.69, 9.17) is 18.7 Å². The number of rotatable bonds is 5. The van der Waals surface area contributed by atoms with Crippen molar-refractivity contribution in [2.75, 3.05) is 19.8 Å². The van der Waals surface area contributed by atoms with E-state index >= 15 is 0 Å². The summed E-state index contributed by atoms with van der Waals surface area (Å²) in [4.78, 5) is 25.0. The van der Waals surface area contributed by atoms with Gasteiger partial charge in [0, 0.05) is 23.0 Å². The van der Waals surface area contributed by atoms with Crippen LogP contribution in [0.15, 0.2) is 34.9 Å².